The monoisotopic (exact) mass is 470 g/mol. The first kappa shape index (κ1) is 22.5. The quantitative estimate of drug-likeness (QED) is 0.266. The van der Waals surface area contributed by atoms with E-state index in [1.54, 1.807) is 19.0 Å². The van der Waals surface area contributed by atoms with Gasteiger partial charge in [-0.05, 0) is 37.2 Å². The third kappa shape index (κ3) is 7.76. The van der Waals surface area contributed by atoms with Crippen molar-refractivity contribution >= 4 is 35.8 Å². The number of aliphatic imine (C=N–C) groups is 1. The summed E-state index contributed by atoms with van der Waals surface area (Å²) >= 11 is 0. The second-order valence-electron chi connectivity index (χ2n) is 7.28. The first-order chi connectivity index (χ1) is 11.9. The molecule has 0 atom stereocenters. The molecule has 2 rings (SSSR count). The van der Waals surface area contributed by atoms with Crippen LogP contribution in [-0.2, 0) is 11.2 Å². The first-order valence-electron chi connectivity index (χ1n) is 8.81. The van der Waals surface area contributed by atoms with Gasteiger partial charge in [-0.3, -0.25) is 4.79 Å². The van der Waals surface area contributed by atoms with Crippen molar-refractivity contribution < 1.29 is 4.79 Å². The van der Waals surface area contributed by atoms with Crippen molar-refractivity contribution in [2.75, 3.05) is 33.7 Å². The van der Waals surface area contributed by atoms with E-state index in [1.165, 1.54) is 18.4 Å². The summed E-state index contributed by atoms with van der Waals surface area (Å²) < 4.78 is 0. The van der Waals surface area contributed by atoms with Crippen LogP contribution in [0, 0.1) is 5.41 Å². The Labute approximate surface area is 174 Å². The lowest BCUT2D eigenvalue weighted by atomic mass is 9.96. The summed E-state index contributed by atoms with van der Waals surface area (Å²) in [7, 11) is 3.48. The molecule has 26 heavy (non-hydrogen) atoms. The van der Waals surface area contributed by atoms with Crippen LogP contribution >= 0.6 is 24.0 Å². The van der Waals surface area contributed by atoms with E-state index < -0.39 is 0 Å². The summed E-state index contributed by atoms with van der Waals surface area (Å²) in [4.78, 5) is 17.8. The average Bonchev–Trinajstić information content (AvgIpc) is 3.34. The lowest BCUT2D eigenvalue weighted by molar-refractivity contribution is -0.127. The molecule has 1 amide bonds. The lowest BCUT2D eigenvalue weighted by Gasteiger charge is -2.19. The molecular weight excluding hydrogens is 439 g/mol. The Balaban J connectivity index is 0.00000338. The molecule has 2 N–H and O–H groups in total. The fourth-order valence-electron chi connectivity index (χ4n) is 2.59. The molecule has 1 aromatic rings. The molecule has 1 aliphatic carbocycles. The van der Waals surface area contributed by atoms with Crippen molar-refractivity contribution in [3.05, 3.63) is 48.0 Å². The molecule has 0 bridgehead atoms. The van der Waals surface area contributed by atoms with Gasteiger partial charge < -0.3 is 15.5 Å². The van der Waals surface area contributed by atoms with E-state index in [4.69, 9.17) is 0 Å². The molecule has 0 saturated heterocycles. The van der Waals surface area contributed by atoms with Crippen molar-refractivity contribution in [3.63, 3.8) is 0 Å². The Hall–Kier alpha value is -1.57. The molecule has 0 radical (unpaired) electrons. The number of nitrogens with one attached hydrogen (secondary N) is 2. The Morgan fingerprint density at radius 3 is 2.42 bits per heavy atom. The van der Waals surface area contributed by atoms with Crippen LogP contribution in [0.25, 0.3) is 0 Å². The van der Waals surface area contributed by atoms with E-state index in [-0.39, 0.29) is 36.4 Å². The van der Waals surface area contributed by atoms with Gasteiger partial charge in [0.1, 0.15) is 6.54 Å². The summed E-state index contributed by atoms with van der Waals surface area (Å²) in [6.07, 6.45) is 3.52. The normalized spacial score (nSPS) is 14.8. The molecule has 0 spiro atoms. The van der Waals surface area contributed by atoms with Gasteiger partial charge in [-0.2, -0.15) is 0 Å². The number of halogens is 1. The number of guanidine groups is 1. The summed E-state index contributed by atoms with van der Waals surface area (Å²) in [5.41, 5.74) is 2.70. The van der Waals surface area contributed by atoms with Crippen LogP contribution in [-0.4, -0.2) is 50.5 Å². The predicted octanol–water partition coefficient (Wildman–Crippen LogP) is 2.83. The van der Waals surface area contributed by atoms with Gasteiger partial charge in [-0.1, -0.05) is 42.5 Å². The molecule has 5 nitrogen and oxygen atoms in total. The van der Waals surface area contributed by atoms with Crippen LogP contribution in [0.4, 0.5) is 0 Å². The summed E-state index contributed by atoms with van der Waals surface area (Å²) in [5, 5.41) is 6.67. The van der Waals surface area contributed by atoms with Gasteiger partial charge in [0.25, 0.3) is 0 Å². The number of hydrogen-bond acceptors (Lipinski definition) is 2. The zero-order valence-corrected chi connectivity index (χ0v) is 18.4. The highest BCUT2D eigenvalue weighted by Crippen LogP contribution is 2.47. The van der Waals surface area contributed by atoms with E-state index in [0.29, 0.717) is 17.9 Å². The molecule has 0 unspecified atom stereocenters. The van der Waals surface area contributed by atoms with Crippen molar-refractivity contribution in [1.29, 1.82) is 0 Å². The average molecular weight is 470 g/mol. The highest BCUT2D eigenvalue weighted by Gasteiger charge is 2.42. The Bertz CT molecular complexity index is 624. The van der Waals surface area contributed by atoms with Gasteiger partial charge in [0, 0.05) is 27.2 Å². The summed E-state index contributed by atoms with van der Waals surface area (Å²) in [6, 6.07) is 10.6. The second kappa shape index (κ2) is 10.5. The molecule has 1 aliphatic rings. The molecule has 6 heteroatoms. The Morgan fingerprint density at radius 2 is 1.88 bits per heavy atom. The van der Waals surface area contributed by atoms with Crippen molar-refractivity contribution in [3.8, 4) is 0 Å². The van der Waals surface area contributed by atoms with E-state index >= 15 is 0 Å². The Kier molecular flexibility index (Phi) is 9.12. The molecule has 144 valence electrons. The van der Waals surface area contributed by atoms with Crippen molar-refractivity contribution in [2.24, 2.45) is 10.4 Å². The number of benzene rings is 1. The van der Waals surface area contributed by atoms with Gasteiger partial charge in [0.05, 0.1) is 0 Å². The number of likely N-dealkylation sites (N-methyl/N-ethyl adjacent to an activating group) is 1. The topological polar surface area (TPSA) is 56.7 Å². The SMILES string of the molecule is C=C(C)CNC(=NCC(=O)N(C)C)NCC1(Cc2ccccc2)CC1.I. The van der Waals surface area contributed by atoms with E-state index in [1.807, 2.05) is 6.92 Å². The highest BCUT2D eigenvalue weighted by molar-refractivity contribution is 14.0. The number of carbonyl (C=O) groups excluding carboxylic acids is 1. The first-order valence-corrected chi connectivity index (χ1v) is 8.81. The van der Waals surface area contributed by atoms with Crippen LogP contribution in [0.3, 0.4) is 0 Å². The van der Waals surface area contributed by atoms with Gasteiger partial charge in [-0.25, -0.2) is 4.99 Å². The maximum absolute atomic E-state index is 11.8. The van der Waals surface area contributed by atoms with Gasteiger partial charge in [0.15, 0.2) is 5.96 Å². The molecule has 1 aromatic carbocycles. The van der Waals surface area contributed by atoms with Crippen LogP contribution in [0.2, 0.25) is 0 Å². The maximum Gasteiger partial charge on any atom is 0.243 e. The number of carbonyl (C=O) groups is 1. The molecule has 0 aromatic heterocycles. The molecule has 0 heterocycles. The van der Waals surface area contributed by atoms with E-state index in [0.717, 1.165) is 18.5 Å². The minimum Gasteiger partial charge on any atom is -0.356 e. The minimum atomic E-state index is -0.0122. The number of hydrogen-bond donors (Lipinski definition) is 2. The standard InChI is InChI=1S/C20H30N4O.HI/c1-16(2)13-21-19(22-14-18(25)24(3)4)23-15-20(10-11-20)12-17-8-6-5-7-9-17;/h5-9H,1,10-15H2,2-4H3,(H2,21,22,23);1H. The molecule has 0 aliphatic heterocycles. The fraction of sp³-hybridized carbons (Fsp3) is 0.500. The zero-order valence-electron chi connectivity index (χ0n) is 16.0. The van der Waals surface area contributed by atoms with Gasteiger partial charge in [-0.15, -0.1) is 24.0 Å². The highest BCUT2D eigenvalue weighted by atomic mass is 127. The number of amides is 1. The minimum absolute atomic E-state index is 0. The largest absolute Gasteiger partial charge is 0.356 e. The predicted molar refractivity (Wildman–Crippen MR) is 119 cm³/mol. The number of nitrogens with zero attached hydrogens (tertiary/aromatic N) is 2. The third-order valence-corrected chi connectivity index (χ3v) is 4.44. The fourth-order valence-corrected chi connectivity index (χ4v) is 2.59. The van der Waals surface area contributed by atoms with Crippen LogP contribution < -0.4 is 10.6 Å². The second-order valence-corrected chi connectivity index (χ2v) is 7.28. The van der Waals surface area contributed by atoms with E-state index in [9.17, 15) is 4.79 Å². The summed E-state index contributed by atoms with van der Waals surface area (Å²) in [5.74, 6) is 0.666. The van der Waals surface area contributed by atoms with E-state index in [2.05, 4.69) is 52.5 Å². The molecular formula is C20H31IN4O. The van der Waals surface area contributed by atoms with Crippen LogP contribution in [0.1, 0.15) is 25.3 Å². The van der Waals surface area contributed by atoms with Crippen LogP contribution in [0.5, 0.6) is 0 Å². The molecule has 1 saturated carbocycles. The van der Waals surface area contributed by atoms with Crippen molar-refractivity contribution in [1.82, 2.24) is 15.5 Å². The third-order valence-electron chi connectivity index (χ3n) is 4.44. The zero-order chi connectivity index (χ0) is 18.3. The molecule has 1 fully saturated rings. The number of rotatable bonds is 8. The Morgan fingerprint density at radius 1 is 1.23 bits per heavy atom. The maximum atomic E-state index is 11.8. The van der Waals surface area contributed by atoms with Crippen molar-refractivity contribution in [2.45, 2.75) is 26.2 Å². The van der Waals surface area contributed by atoms with Gasteiger partial charge in [0.2, 0.25) is 5.91 Å². The van der Waals surface area contributed by atoms with Crippen LogP contribution in [0.15, 0.2) is 47.5 Å². The lowest BCUT2D eigenvalue weighted by Crippen LogP contribution is -2.42. The summed E-state index contributed by atoms with van der Waals surface area (Å²) in [6.45, 7) is 7.52. The van der Waals surface area contributed by atoms with Gasteiger partial charge >= 0.3 is 0 Å². The smallest absolute Gasteiger partial charge is 0.243 e.